The van der Waals surface area contributed by atoms with Crippen LogP contribution in [0.4, 0.5) is 0 Å². The molecule has 1 heterocycles. The Hall–Kier alpha value is -0.830. The number of nitrogens with two attached hydrogens (primary N) is 1. The Bertz CT molecular complexity index is 335. The van der Waals surface area contributed by atoms with Crippen molar-refractivity contribution in [2.24, 2.45) is 16.6 Å². The van der Waals surface area contributed by atoms with Gasteiger partial charge in [0.15, 0.2) is 0 Å². The van der Waals surface area contributed by atoms with E-state index in [1.165, 1.54) is 5.57 Å². The third-order valence-electron chi connectivity index (χ3n) is 4.21. The highest BCUT2D eigenvalue weighted by atomic mass is 16.2. The van der Waals surface area contributed by atoms with Gasteiger partial charge in [-0.25, -0.2) is 0 Å². The first kappa shape index (κ1) is 15.2. The first-order valence-electron chi connectivity index (χ1n) is 6.93. The fourth-order valence-corrected chi connectivity index (χ4v) is 2.30. The highest BCUT2D eigenvalue weighted by Crippen LogP contribution is 2.31. The molecular formula is C15H28N2O. The molecule has 0 aromatic rings. The Morgan fingerprint density at radius 1 is 1.39 bits per heavy atom. The van der Waals surface area contributed by atoms with Crippen LogP contribution in [0.3, 0.4) is 0 Å². The molecule has 1 rings (SSSR count). The number of nitrogens with zero attached hydrogens (tertiary/aromatic N) is 1. The maximum Gasteiger partial charge on any atom is 0.230 e. The van der Waals surface area contributed by atoms with Gasteiger partial charge in [-0.05, 0) is 25.2 Å². The monoisotopic (exact) mass is 252 g/mol. The highest BCUT2D eigenvalue weighted by Gasteiger charge is 2.34. The minimum Gasteiger partial charge on any atom is -0.338 e. The van der Waals surface area contributed by atoms with Gasteiger partial charge in [-0.2, -0.15) is 0 Å². The van der Waals surface area contributed by atoms with Crippen LogP contribution in [0, 0.1) is 10.8 Å². The molecule has 0 radical (unpaired) electrons. The Morgan fingerprint density at radius 3 is 2.33 bits per heavy atom. The molecule has 1 unspecified atom stereocenters. The minimum absolute atomic E-state index is 0.205. The lowest BCUT2D eigenvalue weighted by Crippen LogP contribution is -2.47. The molecule has 1 atom stereocenters. The zero-order chi connectivity index (χ0) is 14.0. The summed E-state index contributed by atoms with van der Waals surface area (Å²) >= 11 is 0. The summed E-state index contributed by atoms with van der Waals surface area (Å²) in [5.74, 6) is 0.205. The summed E-state index contributed by atoms with van der Waals surface area (Å²) in [4.78, 5) is 14.4. The molecular weight excluding hydrogens is 224 g/mol. The average Bonchev–Trinajstić information content (AvgIpc) is 2.36. The number of carbonyl (C=O) groups is 1. The minimum atomic E-state index is -0.396. The molecule has 0 bridgehead atoms. The molecule has 104 valence electrons. The van der Waals surface area contributed by atoms with Crippen molar-refractivity contribution < 1.29 is 4.79 Å². The van der Waals surface area contributed by atoms with Crippen LogP contribution in [0.15, 0.2) is 11.6 Å². The van der Waals surface area contributed by atoms with Crippen molar-refractivity contribution in [1.29, 1.82) is 0 Å². The molecule has 0 aliphatic carbocycles. The van der Waals surface area contributed by atoms with Crippen LogP contribution >= 0.6 is 0 Å². The second-order valence-corrected chi connectivity index (χ2v) is 6.60. The predicted molar refractivity (Wildman–Crippen MR) is 76.2 cm³/mol. The third-order valence-corrected chi connectivity index (χ3v) is 4.21. The van der Waals surface area contributed by atoms with E-state index < -0.39 is 5.41 Å². The number of hydrogen-bond donors (Lipinski definition) is 1. The van der Waals surface area contributed by atoms with Gasteiger partial charge < -0.3 is 10.6 Å². The van der Waals surface area contributed by atoms with Crippen molar-refractivity contribution in [3.63, 3.8) is 0 Å². The second-order valence-electron chi connectivity index (χ2n) is 6.60. The average molecular weight is 252 g/mol. The number of hydrogen-bond acceptors (Lipinski definition) is 2. The fourth-order valence-electron chi connectivity index (χ4n) is 2.30. The molecule has 2 N–H and O–H groups in total. The van der Waals surface area contributed by atoms with E-state index in [0.717, 1.165) is 25.9 Å². The predicted octanol–water partition coefficient (Wildman–Crippen LogP) is 2.57. The topological polar surface area (TPSA) is 46.3 Å². The van der Waals surface area contributed by atoms with Crippen molar-refractivity contribution >= 4 is 5.91 Å². The Morgan fingerprint density at radius 2 is 2.00 bits per heavy atom. The Balaban J connectivity index is 2.74. The van der Waals surface area contributed by atoms with Crippen molar-refractivity contribution in [3.8, 4) is 0 Å². The summed E-state index contributed by atoms with van der Waals surface area (Å²) in [5, 5.41) is 0. The van der Waals surface area contributed by atoms with Gasteiger partial charge in [-0.1, -0.05) is 39.3 Å². The lowest BCUT2D eigenvalue weighted by molar-refractivity contribution is -0.140. The van der Waals surface area contributed by atoms with Crippen LogP contribution < -0.4 is 5.73 Å². The number of rotatable bonds is 3. The molecule has 0 saturated carbocycles. The van der Waals surface area contributed by atoms with Crippen LogP contribution in [0.5, 0.6) is 0 Å². The smallest absolute Gasteiger partial charge is 0.230 e. The highest BCUT2D eigenvalue weighted by molar-refractivity contribution is 5.83. The van der Waals surface area contributed by atoms with Gasteiger partial charge in [0.1, 0.15) is 0 Å². The van der Waals surface area contributed by atoms with Crippen LogP contribution in [-0.2, 0) is 4.79 Å². The zero-order valence-corrected chi connectivity index (χ0v) is 12.5. The summed E-state index contributed by atoms with van der Waals surface area (Å²) in [5.41, 5.74) is 7.04. The van der Waals surface area contributed by atoms with E-state index in [-0.39, 0.29) is 11.3 Å². The van der Waals surface area contributed by atoms with Gasteiger partial charge >= 0.3 is 0 Å². The van der Waals surface area contributed by atoms with Crippen LogP contribution in [-0.4, -0.2) is 30.4 Å². The van der Waals surface area contributed by atoms with Crippen molar-refractivity contribution in [1.82, 2.24) is 4.90 Å². The lowest BCUT2D eigenvalue weighted by Gasteiger charge is -2.37. The van der Waals surface area contributed by atoms with E-state index in [0.29, 0.717) is 6.54 Å². The molecule has 3 heteroatoms. The molecule has 0 aromatic heterocycles. The second kappa shape index (κ2) is 5.43. The van der Waals surface area contributed by atoms with Gasteiger partial charge in [0.05, 0.1) is 5.41 Å². The molecule has 0 spiro atoms. The SMILES string of the molecule is CCC(C)(CN)C(=O)N1CC=C(C(C)(C)C)CC1. The van der Waals surface area contributed by atoms with E-state index in [1.54, 1.807) is 0 Å². The fraction of sp³-hybridized carbons (Fsp3) is 0.800. The van der Waals surface area contributed by atoms with E-state index in [1.807, 2.05) is 18.7 Å². The van der Waals surface area contributed by atoms with E-state index >= 15 is 0 Å². The Labute approximate surface area is 111 Å². The molecule has 18 heavy (non-hydrogen) atoms. The summed E-state index contributed by atoms with van der Waals surface area (Å²) < 4.78 is 0. The largest absolute Gasteiger partial charge is 0.338 e. The van der Waals surface area contributed by atoms with E-state index in [4.69, 9.17) is 5.73 Å². The summed E-state index contributed by atoms with van der Waals surface area (Å²) in [6, 6.07) is 0. The standard InChI is InChI=1S/C15H28N2O/c1-6-15(5,11-16)13(18)17-9-7-12(8-10-17)14(2,3)4/h7H,6,8-11,16H2,1-5H3. The molecule has 3 nitrogen and oxygen atoms in total. The van der Waals surface area contributed by atoms with Gasteiger partial charge in [-0.15, -0.1) is 0 Å². The first-order valence-corrected chi connectivity index (χ1v) is 6.93. The molecule has 1 aliphatic heterocycles. The molecule has 0 fully saturated rings. The normalized spacial score (nSPS) is 20.3. The van der Waals surface area contributed by atoms with Crippen LogP contribution in [0.1, 0.15) is 47.5 Å². The quantitative estimate of drug-likeness (QED) is 0.785. The zero-order valence-electron chi connectivity index (χ0n) is 12.5. The van der Waals surface area contributed by atoms with Crippen molar-refractivity contribution in [3.05, 3.63) is 11.6 Å². The van der Waals surface area contributed by atoms with E-state index in [9.17, 15) is 4.79 Å². The van der Waals surface area contributed by atoms with Crippen molar-refractivity contribution in [2.45, 2.75) is 47.5 Å². The molecule has 0 aromatic carbocycles. The number of carbonyl (C=O) groups excluding carboxylic acids is 1. The van der Waals surface area contributed by atoms with E-state index in [2.05, 4.69) is 26.8 Å². The van der Waals surface area contributed by atoms with Gasteiger partial charge in [0.25, 0.3) is 0 Å². The summed E-state index contributed by atoms with van der Waals surface area (Å²) in [7, 11) is 0. The van der Waals surface area contributed by atoms with Gasteiger partial charge in [-0.3, -0.25) is 4.79 Å². The molecule has 0 saturated heterocycles. The van der Waals surface area contributed by atoms with Gasteiger partial charge in [0.2, 0.25) is 5.91 Å². The maximum atomic E-state index is 12.5. The Kier molecular flexibility index (Phi) is 4.60. The lowest BCUT2D eigenvalue weighted by atomic mass is 9.81. The third kappa shape index (κ3) is 3.14. The number of amides is 1. The summed E-state index contributed by atoms with van der Waals surface area (Å²) in [6.07, 6.45) is 4.00. The first-order chi connectivity index (χ1) is 8.24. The van der Waals surface area contributed by atoms with Gasteiger partial charge in [0, 0.05) is 19.6 Å². The van der Waals surface area contributed by atoms with Crippen LogP contribution in [0.25, 0.3) is 0 Å². The molecule has 1 aliphatic rings. The maximum absolute atomic E-state index is 12.5. The van der Waals surface area contributed by atoms with Crippen LogP contribution in [0.2, 0.25) is 0 Å². The van der Waals surface area contributed by atoms with Crippen molar-refractivity contribution in [2.75, 3.05) is 19.6 Å². The summed E-state index contributed by atoms with van der Waals surface area (Å²) in [6.45, 7) is 12.7. The molecule has 1 amide bonds.